The number of alkyl halides is 3. The number of fused-ring (bicyclic) bond motifs is 1. The van der Waals surface area contributed by atoms with E-state index < -0.39 is 113 Å². The minimum Gasteiger partial charge on any atom is -0.394 e. The van der Waals surface area contributed by atoms with E-state index in [1.165, 1.54) is 36.2 Å². The highest BCUT2D eigenvalue weighted by Crippen LogP contribution is 2.43. The van der Waals surface area contributed by atoms with E-state index in [0.717, 1.165) is 39.7 Å². The molecule has 19 nitrogen and oxygen atoms in total. The first kappa shape index (κ1) is 50.7. The summed E-state index contributed by atoms with van der Waals surface area (Å²) < 4.78 is 86.8. The van der Waals surface area contributed by atoms with Crippen molar-refractivity contribution in [2.24, 2.45) is 0 Å². The third-order valence-electron chi connectivity index (χ3n) is 12.4. The van der Waals surface area contributed by atoms with Gasteiger partial charge in [-0.05, 0) is 79.1 Å². The number of benzene rings is 4. The molecule has 0 radical (unpaired) electrons. The van der Waals surface area contributed by atoms with Crippen LogP contribution in [0.1, 0.15) is 74.0 Å². The van der Waals surface area contributed by atoms with E-state index in [1.807, 2.05) is 0 Å². The van der Waals surface area contributed by atoms with Gasteiger partial charge in [-0.2, -0.15) is 18.3 Å². The van der Waals surface area contributed by atoms with Crippen LogP contribution < -0.4 is 16.0 Å². The number of carbonyl (C=O) groups is 5. The molecule has 0 spiro atoms. The first-order chi connectivity index (χ1) is 34.8. The van der Waals surface area contributed by atoms with Crippen LogP contribution in [0, 0.1) is 18.6 Å². The Hall–Kier alpha value is -7.22. The van der Waals surface area contributed by atoms with Gasteiger partial charge in [0.05, 0.1) is 24.1 Å². The molecule has 5 N–H and O–H groups in total. The Labute approximate surface area is 419 Å². The lowest BCUT2D eigenvalue weighted by Crippen LogP contribution is -2.54. The Kier molecular flexibility index (Phi) is 14.1. The quantitative estimate of drug-likeness (QED) is 0.0569. The standard InChI is InChI=1S/C47H39Cl2F5N10O9/c1-21-56-43(64(60-21)34-15-25(48)6-9-29(34)47(52,53)54)42-41(39(40(68)35(19-65)73-42)63-18-32(59-61-63)23-13-30(50)38(49)31(51)14-23)72-20-37(67)55-16-22-4-2-3-5-27(22)44(69)57-26-7-8-28-24(12-26)17-62(46(28)71)33-10-11-36(66)58-45(33)70/h2-9,12-15,18,33,35,39-42,65,68H,10-11,16-17,19-20H2,1H3,(H,55,67)(H,57,69)(H,58,66,70)/t33?,35-,39+,40+,41-,42-/m1/s1. The zero-order chi connectivity index (χ0) is 52.0. The summed E-state index contributed by atoms with van der Waals surface area (Å²) in [5.74, 6) is -5.45. The van der Waals surface area contributed by atoms with Gasteiger partial charge in [0.25, 0.3) is 11.8 Å². The fourth-order valence-corrected chi connectivity index (χ4v) is 9.20. The molecule has 9 rings (SSSR count). The Morgan fingerprint density at radius 2 is 1.77 bits per heavy atom. The number of rotatable bonds is 13. The topological polar surface area (TPSA) is 245 Å². The summed E-state index contributed by atoms with van der Waals surface area (Å²) in [7, 11) is 0. The molecular formula is C47H39Cl2F5N10O9. The van der Waals surface area contributed by atoms with Crippen LogP contribution in [0.5, 0.6) is 0 Å². The Bertz CT molecular complexity index is 3170. The number of aliphatic hydroxyl groups excluding tert-OH is 2. The van der Waals surface area contributed by atoms with Crippen LogP contribution in [-0.4, -0.2) is 112 Å². The van der Waals surface area contributed by atoms with Crippen molar-refractivity contribution >= 4 is 58.4 Å². The van der Waals surface area contributed by atoms with Crippen LogP contribution in [-0.2, 0) is 43.1 Å². The number of carbonyl (C=O) groups excluding carboxylic acids is 5. The van der Waals surface area contributed by atoms with E-state index >= 15 is 0 Å². The monoisotopic (exact) mass is 1050 g/mol. The van der Waals surface area contributed by atoms with Gasteiger partial charge >= 0.3 is 6.18 Å². The molecule has 3 aliphatic rings. The van der Waals surface area contributed by atoms with Crippen molar-refractivity contribution in [1.29, 1.82) is 0 Å². The van der Waals surface area contributed by atoms with E-state index in [1.54, 1.807) is 24.3 Å². The number of anilines is 1. The van der Waals surface area contributed by atoms with E-state index in [4.69, 9.17) is 32.7 Å². The molecule has 6 atom stereocenters. The van der Waals surface area contributed by atoms with Crippen LogP contribution in [0.4, 0.5) is 27.6 Å². The summed E-state index contributed by atoms with van der Waals surface area (Å²) in [5.41, 5.74) is -0.359. The Morgan fingerprint density at radius 3 is 2.49 bits per heavy atom. The third-order valence-corrected chi connectivity index (χ3v) is 13.0. The molecule has 1 unspecified atom stereocenters. The second-order valence-corrected chi connectivity index (χ2v) is 17.9. The molecule has 5 amide bonds. The number of aryl methyl sites for hydroxylation is 1. The molecular weight excluding hydrogens is 1010 g/mol. The predicted molar refractivity (Wildman–Crippen MR) is 245 cm³/mol. The Morgan fingerprint density at radius 1 is 1.01 bits per heavy atom. The van der Waals surface area contributed by atoms with Crippen molar-refractivity contribution in [1.82, 2.24) is 45.3 Å². The molecule has 380 valence electrons. The minimum atomic E-state index is -4.94. The van der Waals surface area contributed by atoms with Gasteiger partial charge in [-0.3, -0.25) is 29.3 Å². The second-order valence-electron chi connectivity index (χ2n) is 17.1. The third kappa shape index (κ3) is 10.3. The molecule has 6 aromatic rings. The van der Waals surface area contributed by atoms with Crippen molar-refractivity contribution in [3.8, 4) is 16.9 Å². The van der Waals surface area contributed by atoms with Crippen molar-refractivity contribution < 1.29 is 65.6 Å². The second kappa shape index (κ2) is 20.4. The smallest absolute Gasteiger partial charge is 0.394 e. The average Bonchev–Trinajstić information content (AvgIpc) is 4.08. The van der Waals surface area contributed by atoms with Crippen LogP contribution in [0.2, 0.25) is 10.0 Å². The fourth-order valence-electron chi connectivity index (χ4n) is 8.93. The number of ether oxygens (including phenoxy) is 2. The van der Waals surface area contributed by atoms with Crippen molar-refractivity contribution in [3.63, 3.8) is 0 Å². The molecule has 73 heavy (non-hydrogen) atoms. The van der Waals surface area contributed by atoms with Gasteiger partial charge in [0.15, 0.2) is 5.82 Å². The maximum atomic E-state index is 14.6. The SMILES string of the molecule is Cc1nc([C@@H]2O[C@H](CO)[C@H](O)[C@H](n3cc(-c4cc(F)c(Cl)c(F)c4)nn3)[C@H]2OCC(=O)NCc2ccccc2C(=O)Nc2ccc3c(c2)CN(C2CCC(=O)NC2=O)C3=O)n(-c2cc(Cl)ccc2C(F)(F)F)n1. The highest BCUT2D eigenvalue weighted by molar-refractivity contribution is 6.31. The fraction of sp³-hybridized carbons (Fsp3) is 0.298. The zero-order valence-corrected chi connectivity index (χ0v) is 39.3. The van der Waals surface area contributed by atoms with E-state index in [0.29, 0.717) is 22.4 Å². The van der Waals surface area contributed by atoms with Gasteiger partial charge in [0.2, 0.25) is 17.7 Å². The maximum Gasteiger partial charge on any atom is 0.418 e. The summed E-state index contributed by atoms with van der Waals surface area (Å²) in [6.07, 6.45) is -10.1. The molecule has 0 bridgehead atoms. The van der Waals surface area contributed by atoms with Crippen LogP contribution in [0.25, 0.3) is 16.9 Å². The molecule has 26 heteroatoms. The lowest BCUT2D eigenvalue weighted by Gasteiger charge is -2.43. The molecule has 2 saturated heterocycles. The number of imide groups is 1. The van der Waals surface area contributed by atoms with E-state index in [2.05, 4.69) is 36.3 Å². The summed E-state index contributed by atoms with van der Waals surface area (Å²) in [5, 5.41) is 41.3. The number of hydrogen-bond donors (Lipinski definition) is 5. The number of piperidine rings is 1. The number of hydrogen-bond acceptors (Lipinski definition) is 13. The lowest BCUT2D eigenvalue weighted by atomic mass is 9.91. The number of aromatic nitrogens is 6. The molecule has 2 aromatic heterocycles. The van der Waals surface area contributed by atoms with Crippen molar-refractivity contribution in [2.75, 3.05) is 18.5 Å². The average molecular weight is 1050 g/mol. The number of halogens is 7. The van der Waals surface area contributed by atoms with Crippen molar-refractivity contribution in [2.45, 2.75) is 75.5 Å². The predicted octanol–water partition coefficient (Wildman–Crippen LogP) is 5.19. The summed E-state index contributed by atoms with van der Waals surface area (Å²) in [4.78, 5) is 70.7. The number of amides is 5. The molecule has 2 fully saturated rings. The first-order valence-electron chi connectivity index (χ1n) is 22.2. The van der Waals surface area contributed by atoms with Crippen molar-refractivity contribution in [3.05, 3.63) is 140 Å². The van der Waals surface area contributed by atoms with E-state index in [9.17, 15) is 56.1 Å². The lowest BCUT2D eigenvalue weighted by molar-refractivity contribution is -0.223. The maximum absolute atomic E-state index is 14.6. The molecule has 0 saturated carbocycles. The first-order valence-corrected chi connectivity index (χ1v) is 22.9. The highest BCUT2D eigenvalue weighted by Gasteiger charge is 2.51. The van der Waals surface area contributed by atoms with Gasteiger partial charge < -0.3 is 35.2 Å². The molecule has 3 aliphatic heterocycles. The number of nitrogens with zero attached hydrogens (tertiary/aromatic N) is 7. The summed E-state index contributed by atoms with van der Waals surface area (Å²) >= 11 is 11.9. The van der Waals surface area contributed by atoms with E-state index in [-0.39, 0.29) is 59.4 Å². The summed E-state index contributed by atoms with van der Waals surface area (Å²) in [6.45, 7) is -0.535. The van der Waals surface area contributed by atoms with Crippen LogP contribution in [0.3, 0.4) is 0 Å². The van der Waals surface area contributed by atoms with Crippen LogP contribution in [0.15, 0.2) is 79.0 Å². The Balaban J connectivity index is 0.971. The summed E-state index contributed by atoms with van der Waals surface area (Å²) in [6, 6.07) is 13.1. The van der Waals surface area contributed by atoms with Gasteiger partial charge in [-0.25, -0.2) is 23.1 Å². The van der Waals surface area contributed by atoms with Gasteiger partial charge in [0.1, 0.15) is 71.3 Å². The van der Waals surface area contributed by atoms with Crippen LogP contribution >= 0.6 is 23.2 Å². The number of aliphatic hydroxyl groups is 2. The number of nitrogens with one attached hydrogen (secondary N) is 3. The highest BCUT2D eigenvalue weighted by atomic mass is 35.5. The molecule has 4 aromatic carbocycles. The van der Waals surface area contributed by atoms with Gasteiger partial charge in [0, 0.05) is 46.9 Å². The van der Waals surface area contributed by atoms with Gasteiger partial charge in [-0.1, -0.05) is 46.6 Å². The molecule has 0 aliphatic carbocycles. The molecule has 5 heterocycles. The van der Waals surface area contributed by atoms with Gasteiger partial charge in [-0.15, -0.1) is 5.10 Å². The largest absolute Gasteiger partial charge is 0.418 e. The normalized spacial score (nSPS) is 21.0. The minimum absolute atomic E-state index is 0.0633. The zero-order valence-electron chi connectivity index (χ0n) is 37.7.